The van der Waals surface area contributed by atoms with Crippen molar-refractivity contribution in [1.82, 2.24) is 15.3 Å². The van der Waals surface area contributed by atoms with Crippen LogP contribution in [0.5, 0.6) is 0 Å². The van der Waals surface area contributed by atoms with Gasteiger partial charge in [-0.25, -0.2) is 9.97 Å². The second-order valence-electron chi connectivity index (χ2n) is 3.98. The van der Waals surface area contributed by atoms with Gasteiger partial charge < -0.3 is 5.32 Å². The molecule has 0 aromatic carbocycles. The van der Waals surface area contributed by atoms with Crippen molar-refractivity contribution in [2.24, 2.45) is 5.92 Å². The molecule has 2 rings (SSSR count). The van der Waals surface area contributed by atoms with Crippen molar-refractivity contribution in [3.8, 4) is 0 Å². The van der Waals surface area contributed by atoms with Gasteiger partial charge >= 0.3 is 0 Å². The summed E-state index contributed by atoms with van der Waals surface area (Å²) in [4.78, 5) is 8.58. The smallest absolute Gasteiger partial charge is 0.145 e. The normalized spacial score (nSPS) is 18.9. The van der Waals surface area contributed by atoms with Crippen molar-refractivity contribution < 1.29 is 0 Å². The van der Waals surface area contributed by atoms with Crippen molar-refractivity contribution in [3.63, 3.8) is 0 Å². The van der Waals surface area contributed by atoms with Gasteiger partial charge in [0.05, 0.1) is 6.04 Å². The highest BCUT2D eigenvalue weighted by Crippen LogP contribution is 2.33. The zero-order valence-electron chi connectivity index (χ0n) is 8.61. The van der Waals surface area contributed by atoms with Crippen LogP contribution in [0.15, 0.2) is 18.5 Å². The van der Waals surface area contributed by atoms with Crippen LogP contribution in [0.2, 0.25) is 0 Å². The van der Waals surface area contributed by atoms with E-state index in [2.05, 4.69) is 15.3 Å². The molecule has 3 nitrogen and oxygen atoms in total. The third kappa shape index (κ3) is 2.10. The van der Waals surface area contributed by atoms with E-state index in [4.69, 9.17) is 0 Å². The van der Waals surface area contributed by atoms with E-state index in [-0.39, 0.29) is 0 Å². The Bertz CT molecular complexity index is 269. The Morgan fingerprint density at radius 1 is 1.43 bits per heavy atom. The first-order valence-corrected chi connectivity index (χ1v) is 5.34. The Labute approximate surface area is 85.0 Å². The van der Waals surface area contributed by atoms with Gasteiger partial charge in [0.25, 0.3) is 0 Å². The summed E-state index contributed by atoms with van der Waals surface area (Å²) in [6, 6.07) is 2.20. The average molecular weight is 191 g/mol. The standard InChI is InChI=1S/C11H17N3/c1-12-10(8-9-4-2-5-9)11-13-6-3-7-14-11/h3,6-7,9-10,12H,2,4-5,8H2,1H3. The largest absolute Gasteiger partial charge is 0.310 e. The molecule has 1 saturated carbocycles. The number of nitrogens with zero attached hydrogens (tertiary/aromatic N) is 2. The van der Waals surface area contributed by atoms with Crippen molar-refractivity contribution in [2.75, 3.05) is 7.05 Å². The number of nitrogens with one attached hydrogen (secondary N) is 1. The summed E-state index contributed by atoms with van der Waals surface area (Å²) in [5, 5.41) is 3.29. The highest BCUT2D eigenvalue weighted by atomic mass is 15.0. The monoisotopic (exact) mass is 191 g/mol. The van der Waals surface area contributed by atoms with Gasteiger partial charge in [-0.15, -0.1) is 0 Å². The third-order valence-corrected chi connectivity index (χ3v) is 3.04. The topological polar surface area (TPSA) is 37.8 Å². The van der Waals surface area contributed by atoms with Crippen LogP contribution in [0, 0.1) is 5.92 Å². The molecular formula is C11H17N3. The van der Waals surface area contributed by atoms with Gasteiger partial charge in [0.2, 0.25) is 0 Å². The Morgan fingerprint density at radius 2 is 2.14 bits per heavy atom. The van der Waals surface area contributed by atoms with Crippen molar-refractivity contribution in [2.45, 2.75) is 31.7 Å². The quantitative estimate of drug-likeness (QED) is 0.790. The number of aromatic nitrogens is 2. The molecule has 0 spiro atoms. The maximum atomic E-state index is 4.29. The number of hydrogen-bond donors (Lipinski definition) is 1. The average Bonchev–Trinajstić information content (AvgIpc) is 2.18. The lowest BCUT2D eigenvalue weighted by atomic mass is 9.81. The second kappa shape index (κ2) is 4.51. The molecule has 1 N–H and O–H groups in total. The molecule has 0 bridgehead atoms. The zero-order chi connectivity index (χ0) is 9.80. The molecule has 14 heavy (non-hydrogen) atoms. The van der Waals surface area contributed by atoms with Crippen molar-refractivity contribution in [3.05, 3.63) is 24.3 Å². The molecule has 0 saturated heterocycles. The maximum absolute atomic E-state index is 4.29. The molecule has 1 aromatic heterocycles. The Kier molecular flexibility index (Phi) is 3.09. The van der Waals surface area contributed by atoms with E-state index in [0.29, 0.717) is 6.04 Å². The predicted molar refractivity (Wildman–Crippen MR) is 55.8 cm³/mol. The lowest BCUT2D eigenvalue weighted by Crippen LogP contribution is -2.24. The summed E-state index contributed by atoms with van der Waals surface area (Å²) < 4.78 is 0. The first-order chi connectivity index (χ1) is 6.90. The summed E-state index contributed by atoms with van der Waals surface area (Å²) in [6.07, 6.45) is 8.97. The van der Waals surface area contributed by atoms with Crippen LogP contribution in [0.3, 0.4) is 0 Å². The van der Waals surface area contributed by atoms with Gasteiger partial charge in [0.1, 0.15) is 5.82 Å². The first kappa shape index (κ1) is 9.59. The minimum atomic E-state index is 0.335. The predicted octanol–water partition coefficient (Wildman–Crippen LogP) is 1.93. The Balaban J connectivity index is 1.98. The molecule has 1 aromatic rings. The van der Waals surface area contributed by atoms with Gasteiger partial charge in [-0.2, -0.15) is 0 Å². The summed E-state index contributed by atoms with van der Waals surface area (Å²) in [6.45, 7) is 0. The molecule has 1 atom stereocenters. The second-order valence-corrected chi connectivity index (χ2v) is 3.98. The minimum Gasteiger partial charge on any atom is -0.310 e. The fourth-order valence-corrected chi connectivity index (χ4v) is 1.90. The number of rotatable bonds is 4. The molecule has 1 fully saturated rings. The van der Waals surface area contributed by atoms with Gasteiger partial charge in [0, 0.05) is 12.4 Å². The minimum absolute atomic E-state index is 0.335. The molecule has 3 heteroatoms. The van der Waals surface area contributed by atoms with E-state index < -0.39 is 0 Å². The van der Waals surface area contributed by atoms with Crippen molar-refractivity contribution >= 4 is 0 Å². The van der Waals surface area contributed by atoms with Gasteiger partial charge in [-0.1, -0.05) is 19.3 Å². The molecule has 1 aliphatic rings. The van der Waals surface area contributed by atoms with Crippen LogP contribution >= 0.6 is 0 Å². The lowest BCUT2D eigenvalue weighted by molar-refractivity contribution is 0.262. The van der Waals surface area contributed by atoms with Crippen LogP contribution in [0.25, 0.3) is 0 Å². The van der Waals surface area contributed by atoms with E-state index in [9.17, 15) is 0 Å². The lowest BCUT2D eigenvalue weighted by Gasteiger charge is -2.28. The molecule has 76 valence electrons. The summed E-state index contributed by atoms with van der Waals surface area (Å²) in [5.74, 6) is 1.82. The fraction of sp³-hybridized carbons (Fsp3) is 0.636. The molecule has 1 heterocycles. The van der Waals surface area contributed by atoms with Gasteiger partial charge in [-0.3, -0.25) is 0 Å². The maximum Gasteiger partial charge on any atom is 0.145 e. The number of hydrogen-bond acceptors (Lipinski definition) is 3. The SMILES string of the molecule is CNC(CC1CCC1)c1ncccn1. The summed E-state index contributed by atoms with van der Waals surface area (Å²) in [7, 11) is 1.99. The molecule has 0 amide bonds. The van der Waals surface area contributed by atoms with E-state index in [1.165, 1.54) is 25.7 Å². The van der Waals surface area contributed by atoms with E-state index in [0.717, 1.165) is 11.7 Å². The molecule has 0 radical (unpaired) electrons. The van der Waals surface area contributed by atoms with Crippen LogP contribution < -0.4 is 5.32 Å². The summed E-state index contributed by atoms with van der Waals surface area (Å²) in [5.41, 5.74) is 0. The van der Waals surface area contributed by atoms with E-state index in [1.54, 1.807) is 0 Å². The molecule has 0 aliphatic heterocycles. The highest BCUT2D eigenvalue weighted by Gasteiger charge is 2.23. The molecule has 1 unspecified atom stereocenters. The van der Waals surface area contributed by atoms with E-state index in [1.807, 2.05) is 25.5 Å². The van der Waals surface area contributed by atoms with Crippen molar-refractivity contribution in [1.29, 1.82) is 0 Å². The fourth-order valence-electron chi connectivity index (χ4n) is 1.90. The first-order valence-electron chi connectivity index (χ1n) is 5.34. The Hall–Kier alpha value is -0.960. The van der Waals surface area contributed by atoms with Gasteiger partial charge in [0.15, 0.2) is 0 Å². The molecular weight excluding hydrogens is 174 g/mol. The van der Waals surface area contributed by atoms with E-state index >= 15 is 0 Å². The van der Waals surface area contributed by atoms with Crippen LogP contribution in [0.4, 0.5) is 0 Å². The molecule has 1 aliphatic carbocycles. The van der Waals surface area contributed by atoms with Gasteiger partial charge in [-0.05, 0) is 25.5 Å². The Morgan fingerprint density at radius 3 is 2.64 bits per heavy atom. The summed E-state index contributed by atoms with van der Waals surface area (Å²) >= 11 is 0. The zero-order valence-corrected chi connectivity index (χ0v) is 8.61. The van der Waals surface area contributed by atoms with Crippen LogP contribution in [-0.4, -0.2) is 17.0 Å². The third-order valence-electron chi connectivity index (χ3n) is 3.04. The van der Waals surface area contributed by atoms with Crippen LogP contribution in [0.1, 0.15) is 37.5 Å². The highest BCUT2D eigenvalue weighted by molar-refractivity contribution is 4.96. The van der Waals surface area contributed by atoms with Crippen LogP contribution in [-0.2, 0) is 0 Å².